The van der Waals surface area contributed by atoms with Gasteiger partial charge in [0.2, 0.25) is 0 Å². The number of aromatic hydroxyl groups is 1. The molecule has 0 fully saturated rings. The van der Waals surface area contributed by atoms with Crippen LogP contribution >= 0.6 is 0 Å². The molecule has 1 unspecified atom stereocenters. The summed E-state index contributed by atoms with van der Waals surface area (Å²) in [5.41, 5.74) is 5.66. The van der Waals surface area contributed by atoms with Crippen LogP contribution in [0.4, 0.5) is 0 Å². The molecule has 29 heavy (non-hydrogen) atoms. The van der Waals surface area contributed by atoms with E-state index in [2.05, 4.69) is 57.7 Å². The van der Waals surface area contributed by atoms with E-state index in [1.165, 1.54) is 16.7 Å². The normalized spacial score (nSPS) is 19.6. The van der Waals surface area contributed by atoms with Crippen molar-refractivity contribution in [1.29, 1.82) is 0 Å². The first kappa shape index (κ1) is 19.3. The van der Waals surface area contributed by atoms with Crippen LogP contribution < -0.4 is 4.74 Å². The van der Waals surface area contributed by atoms with Crippen molar-refractivity contribution in [3.8, 4) is 22.6 Å². The van der Waals surface area contributed by atoms with E-state index < -0.39 is 0 Å². The second-order valence-corrected chi connectivity index (χ2v) is 8.80. The van der Waals surface area contributed by atoms with Crippen LogP contribution in [-0.2, 0) is 10.8 Å². The van der Waals surface area contributed by atoms with Crippen LogP contribution in [0.5, 0.6) is 11.5 Å². The fraction of sp³-hybridized carbons (Fsp3) is 0.259. The third-order valence-electron chi connectivity index (χ3n) is 6.20. The Bertz CT molecular complexity index is 1050. The molecular formula is C27H28O2. The summed E-state index contributed by atoms with van der Waals surface area (Å²) in [6.45, 7) is 11.2. The minimum absolute atomic E-state index is 0.0614. The fourth-order valence-corrected chi connectivity index (χ4v) is 4.88. The van der Waals surface area contributed by atoms with E-state index in [9.17, 15) is 5.11 Å². The number of fused-ring (bicyclic) bond motifs is 1. The molecule has 0 saturated carbocycles. The maximum atomic E-state index is 10.5. The molecule has 3 aromatic rings. The molecule has 4 rings (SSSR count). The molecule has 0 bridgehead atoms. The Morgan fingerprint density at radius 1 is 0.966 bits per heavy atom. The van der Waals surface area contributed by atoms with Gasteiger partial charge in [-0.25, -0.2) is 0 Å². The van der Waals surface area contributed by atoms with E-state index in [0.29, 0.717) is 12.4 Å². The number of ether oxygens (including phenoxy) is 1. The Morgan fingerprint density at radius 3 is 2.45 bits per heavy atom. The quantitative estimate of drug-likeness (QED) is 0.501. The van der Waals surface area contributed by atoms with Crippen molar-refractivity contribution >= 4 is 0 Å². The maximum Gasteiger partial charge on any atom is 0.123 e. The monoisotopic (exact) mass is 384 g/mol. The van der Waals surface area contributed by atoms with Gasteiger partial charge in [-0.1, -0.05) is 75.9 Å². The zero-order valence-corrected chi connectivity index (χ0v) is 17.4. The van der Waals surface area contributed by atoms with Crippen molar-refractivity contribution in [3.63, 3.8) is 0 Å². The summed E-state index contributed by atoms with van der Waals surface area (Å²) in [5, 5.41) is 10.5. The van der Waals surface area contributed by atoms with Crippen LogP contribution in [0.25, 0.3) is 11.1 Å². The summed E-state index contributed by atoms with van der Waals surface area (Å²) in [6.07, 6.45) is 2.77. The number of hydrogen-bond donors (Lipinski definition) is 1. The zero-order chi connectivity index (χ0) is 20.6. The minimum Gasteiger partial charge on any atom is -0.507 e. The number of phenolic OH excluding ortho intramolecular Hbond substituents is 1. The van der Waals surface area contributed by atoms with E-state index in [1.807, 2.05) is 36.4 Å². The smallest absolute Gasteiger partial charge is 0.123 e. The molecule has 2 nitrogen and oxygen atoms in total. The van der Waals surface area contributed by atoms with Crippen LogP contribution in [-0.4, -0.2) is 11.7 Å². The molecule has 1 aliphatic rings. The van der Waals surface area contributed by atoms with Crippen LogP contribution in [0.2, 0.25) is 0 Å². The molecule has 1 atom stereocenters. The molecule has 0 aromatic heterocycles. The van der Waals surface area contributed by atoms with Crippen molar-refractivity contribution in [2.75, 3.05) is 6.61 Å². The molecule has 1 aliphatic carbocycles. The summed E-state index contributed by atoms with van der Waals surface area (Å²) in [6, 6.07) is 22.5. The van der Waals surface area contributed by atoms with Crippen molar-refractivity contribution in [2.45, 2.75) is 38.0 Å². The van der Waals surface area contributed by atoms with Gasteiger partial charge in [-0.05, 0) is 58.4 Å². The van der Waals surface area contributed by atoms with Gasteiger partial charge in [0.25, 0.3) is 0 Å². The lowest BCUT2D eigenvalue weighted by molar-refractivity contribution is 0.362. The van der Waals surface area contributed by atoms with Crippen molar-refractivity contribution in [1.82, 2.24) is 0 Å². The fourth-order valence-electron chi connectivity index (χ4n) is 4.88. The molecule has 0 amide bonds. The predicted octanol–water partition coefficient (Wildman–Crippen LogP) is 6.61. The maximum absolute atomic E-state index is 10.5. The summed E-state index contributed by atoms with van der Waals surface area (Å²) in [5.74, 6) is 1.18. The Hall–Kier alpha value is -3.00. The lowest BCUT2D eigenvalue weighted by atomic mass is 9.74. The summed E-state index contributed by atoms with van der Waals surface area (Å²) in [4.78, 5) is 0. The Kier molecular flexibility index (Phi) is 4.74. The highest BCUT2D eigenvalue weighted by molar-refractivity contribution is 5.72. The predicted molar refractivity (Wildman–Crippen MR) is 120 cm³/mol. The standard InChI is InChI=1S/C27H28O2/c1-5-15-29-21-12-13-23-24(17-21)27(4,18-26(23,2)3)20-11-14-25(28)22(16-20)19-9-7-6-8-10-19/h5-14,16-17,28H,1,15,18H2,2-4H3. The van der Waals surface area contributed by atoms with E-state index in [4.69, 9.17) is 4.74 Å². The number of rotatable bonds is 5. The highest BCUT2D eigenvalue weighted by atomic mass is 16.5. The molecule has 1 N–H and O–H groups in total. The molecule has 3 aromatic carbocycles. The Balaban J connectivity index is 1.85. The van der Waals surface area contributed by atoms with E-state index in [-0.39, 0.29) is 10.8 Å². The molecule has 0 radical (unpaired) electrons. The summed E-state index contributed by atoms with van der Waals surface area (Å²) in [7, 11) is 0. The van der Waals surface area contributed by atoms with Gasteiger partial charge in [0.15, 0.2) is 0 Å². The minimum atomic E-state index is -0.163. The summed E-state index contributed by atoms with van der Waals surface area (Å²) < 4.78 is 5.83. The number of benzene rings is 3. The molecule has 0 heterocycles. The largest absolute Gasteiger partial charge is 0.507 e. The van der Waals surface area contributed by atoms with Gasteiger partial charge < -0.3 is 9.84 Å². The molecule has 0 spiro atoms. The lowest BCUT2D eigenvalue weighted by Gasteiger charge is -2.29. The topological polar surface area (TPSA) is 29.5 Å². The molecular weight excluding hydrogens is 356 g/mol. The molecule has 2 heteroatoms. The van der Waals surface area contributed by atoms with Crippen LogP contribution in [0.3, 0.4) is 0 Å². The van der Waals surface area contributed by atoms with Crippen molar-refractivity contribution in [3.05, 3.63) is 96.1 Å². The first-order valence-corrected chi connectivity index (χ1v) is 10.1. The van der Waals surface area contributed by atoms with Gasteiger partial charge in [0.1, 0.15) is 18.1 Å². The van der Waals surface area contributed by atoms with E-state index >= 15 is 0 Å². The third-order valence-corrected chi connectivity index (χ3v) is 6.20. The van der Waals surface area contributed by atoms with Gasteiger partial charge >= 0.3 is 0 Å². The zero-order valence-electron chi connectivity index (χ0n) is 17.4. The highest BCUT2D eigenvalue weighted by Crippen LogP contribution is 2.54. The number of phenols is 1. The third kappa shape index (κ3) is 3.33. The lowest BCUT2D eigenvalue weighted by Crippen LogP contribution is -2.23. The average Bonchev–Trinajstić information content (AvgIpc) is 2.93. The van der Waals surface area contributed by atoms with E-state index in [0.717, 1.165) is 23.3 Å². The van der Waals surface area contributed by atoms with Gasteiger partial charge in [-0.15, -0.1) is 0 Å². The number of hydrogen-bond acceptors (Lipinski definition) is 2. The Labute approximate surface area is 173 Å². The summed E-state index contributed by atoms with van der Waals surface area (Å²) >= 11 is 0. The van der Waals surface area contributed by atoms with Crippen molar-refractivity contribution < 1.29 is 9.84 Å². The van der Waals surface area contributed by atoms with Crippen molar-refractivity contribution in [2.24, 2.45) is 0 Å². The molecule has 0 aliphatic heterocycles. The van der Waals surface area contributed by atoms with Crippen LogP contribution in [0.15, 0.2) is 79.4 Å². The van der Waals surface area contributed by atoms with E-state index in [1.54, 1.807) is 6.08 Å². The second-order valence-electron chi connectivity index (χ2n) is 8.80. The average molecular weight is 385 g/mol. The van der Waals surface area contributed by atoms with Crippen LogP contribution in [0, 0.1) is 0 Å². The van der Waals surface area contributed by atoms with Gasteiger partial charge in [-0.3, -0.25) is 0 Å². The van der Waals surface area contributed by atoms with Crippen LogP contribution in [0.1, 0.15) is 43.9 Å². The first-order chi connectivity index (χ1) is 13.8. The first-order valence-electron chi connectivity index (χ1n) is 10.1. The van der Waals surface area contributed by atoms with Gasteiger partial charge in [0.05, 0.1) is 0 Å². The molecule has 0 saturated heterocycles. The molecule has 148 valence electrons. The van der Waals surface area contributed by atoms with Gasteiger partial charge in [-0.2, -0.15) is 0 Å². The SMILES string of the molecule is C=CCOc1ccc2c(c1)C(C)(c1ccc(O)c(-c3ccccc3)c1)CC2(C)C. The Morgan fingerprint density at radius 2 is 1.72 bits per heavy atom. The highest BCUT2D eigenvalue weighted by Gasteiger charge is 2.46. The van der Waals surface area contributed by atoms with Gasteiger partial charge in [0, 0.05) is 11.0 Å². The second kappa shape index (κ2) is 7.11.